The van der Waals surface area contributed by atoms with E-state index in [2.05, 4.69) is 6.58 Å². The second-order valence-corrected chi connectivity index (χ2v) is 3.50. The van der Waals surface area contributed by atoms with Gasteiger partial charge in [-0.05, 0) is 31.6 Å². The summed E-state index contributed by atoms with van der Waals surface area (Å²) < 4.78 is 0. The van der Waals surface area contributed by atoms with E-state index in [1.165, 1.54) is 0 Å². The lowest BCUT2D eigenvalue weighted by Crippen LogP contribution is -2.00. The van der Waals surface area contributed by atoms with Crippen molar-refractivity contribution in [2.75, 3.05) is 0 Å². The highest BCUT2D eigenvalue weighted by atomic mass is 35.5. The summed E-state index contributed by atoms with van der Waals surface area (Å²) in [6.45, 7) is 7.20. The second kappa shape index (κ2) is 3.75. The summed E-state index contributed by atoms with van der Waals surface area (Å²) >= 11 is 5.87. The van der Waals surface area contributed by atoms with Gasteiger partial charge in [0.05, 0.1) is 5.02 Å². The summed E-state index contributed by atoms with van der Waals surface area (Å²) in [4.78, 5) is 11.5. The molecule has 2 heteroatoms. The number of carbonyl (C=O) groups is 1. The van der Waals surface area contributed by atoms with Gasteiger partial charge in [-0.1, -0.05) is 29.8 Å². The van der Waals surface area contributed by atoms with Gasteiger partial charge in [0.15, 0.2) is 5.78 Å². The van der Waals surface area contributed by atoms with Crippen LogP contribution in [0, 0.1) is 6.92 Å². The molecule has 1 rings (SSSR count). The maximum absolute atomic E-state index is 11.5. The molecular formula is C11H11ClO. The summed E-state index contributed by atoms with van der Waals surface area (Å²) in [5.41, 5.74) is 2.07. The maximum atomic E-state index is 11.5. The Kier molecular flexibility index (Phi) is 2.89. The van der Waals surface area contributed by atoms with Crippen LogP contribution in [0.3, 0.4) is 0 Å². The third-order valence-electron chi connectivity index (χ3n) is 1.75. The molecule has 0 aliphatic carbocycles. The third kappa shape index (κ3) is 2.19. The molecule has 0 atom stereocenters. The van der Waals surface area contributed by atoms with Crippen molar-refractivity contribution in [3.63, 3.8) is 0 Å². The fraction of sp³-hybridized carbons (Fsp3) is 0.182. The minimum absolute atomic E-state index is 0.0892. The number of hydrogen-bond acceptors (Lipinski definition) is 1. The monoisotopic (exact) mass is 194 g/mol. The van der Waals surface area contributed by atoms with Crippen molar-refractivity contribution in [3.05, 3.63) is 46.5 Å². The summed E-state index contributed by atoms with van der Waals surface area (Å²) in [6, 6.07) is 5.38. The van der Waals surface area contributed by atoms with Crippen LogP contribution in [0.4, 0.5) is 0 Å². The molecule has 0 amide bonds. The highest BCUT2D eigenvalue weighted by molar-refractivity contribution is 6.34. The Balaban J connectivity index is 3.21. The van der Waals surface area contributed by atoms with Crippen molar-refractivity contribution in [3.8, 4) is 0 Å². The van der Waals surface area contributed by atoms with Crippen LogP contribution in [0.2, 0.25) is 5.02 Å². The van der Waals surface area contributed by atoms with E-state index in [1.54, 1.807) is 19.1 Å². The Labute approximate surface area is 83.0 Å². The molecule has 1 nitrogen and oxygen atoms in total. The molecule has 1 aromatic rings. The van der Waals surface area contributed by atoms with Gasteiger partial charge in [0, 0.05) is 5.56 Å². The highest BCUT2D eigenvalue weighted by Crippen LogP contribution is 2.19. The number of aryl methyl sites for hydroxylation is 1. The summed E-state index contributed by atoms with van der Waals surface area (Å²) in [5.74, 6) is -0.0892. The highest BCUT2D eigenvalue weighted by Gasteiger charge is 2.10. The smallest absolute Gasteiger partial charge is 0.189 e. The zero-order valence-electron chi connectivity index (χ0n) is 7.73. The predicted octanol–water partition coefficient (Wildman–Crippen LogP) is 3.41. The Morgan fingerprint density at radius 1 is 1.46 bits per heavy atom. The van der Waals surface area contributed by atoms with Crippen LogP contribution in [-0.4, -0.2) is 5.78 Å². The number of Topliss-reactive ketones (excluding diaryl/α,β-unsaturated/α-hetero) is 1. The van der Waals surface area contributed by atoms with Gasteiger partial charge in [-0.15, -0.1) is 0 Å². The van der Waals surface area contributed by atoms with Gasteiger partial charge in [0.25, 0.3) is 0 Å². The Bertz CT molecular complexity index is 366. The molecule has 0 radical (unpaired) electrons. The first-order valence-corrected chi connectivity index (χ1v) is 4.36. The molecule has 0 saturated carbocycles. The molecule has 0 aliphatic heterocycles. The van der Waals surface area contributed by atoms with Gasteiger partial charge < -0.3 is 0 Å². The van der Waals surface area contributed by atoms with Gasteiger partial charge in [-0.2, -0.15) is 0 Å². The molecule has 0 saturated heterocycles. The van der Waals surface area contributed by atoms with Gasteiger partial charge in [-0.25, -0.2) is 0 Å². The molecule has 0 aromatic heterocycles. The standard InChI is InChI=1S/C11H11ClO/c1-7(2)11(13)9-6-8(3)4-5-10(9)12/h4-6H,1H2,2-3H3. The Hall–Kier alpha value is -1.08. The molecule has 0 heterocycles. The van der Waals surface area contributed by atoms with E-state index in [1.807, 2.05) is 13.0 Å². The summed E-state index contributed by atoms with van der Waals surface area (Å²) in [7, 11) is 0. The summed E-state index contributed by atoms with van der Waals surface area (Å²) in [6.07, 6.45) is 0. The molecule has 0 spiro atoms. The second-order valence-electron chi connectivity index (χ2n) is 3.09. The van der Waals surface area contributed by atoms with Crippen molar-refractivity contribution in [2.45, 2.75) is 13.8 Å². The Morgan fingerprint density at radius 3 is 2.62 bits per heavy atom. The van der Waals surface area contributed by atoms with E-state index in [0.717, 1.165) is 5.56 Å². The van der Waals surface area contributed by atoms with Crippen molar-refractivity contribution in [2.24, 2.45) is 0 Å². The van der Waals surface area contributed by atoms with Crippen molar-refractivity contribution in [1.29, 1.82) is 0 Å². The lowest BCUT2D eigenvalue weighted by Gasteiger charge is -2.03. The topological polar surface area (TPSA) is 17.1 Å². The number of rotatable bonds is 2. The number of hydrogen-bond donors (Lipinski definition) is 0. The fourth-order valence-corrected chi connectivity index (χ4v) is 1.25. The van der Waals surface area contributed by atoms with Crippen LogP contribution in [0.25, 0.3) is 0 Å². The number of halogens is 1. The molecule has 0 N–H and O–H groups in total. The van der Waals surface area contributed by atoms with Crippen LogP contribution in [0.5, 0.6) is 0 Å². The maximum Gasteiger partial charge on any atom is 0.189 e. The van der Waals surface area contributed by atoms with E-state index < -0.39 is 0 Å². The first-order chi connectivity index (χ1) is 6.02. The van der Waals surface area contributed by atoms with Crippen LogP contribution in [-0.2, 0) is 0 Å². The van der Waals surface area contributed by atoms with Gasteiger partial charge in [0.2, 0.25) is 0 Å². The van der Waals surface area contributed by atoms with E-state index in [-0.39, 0.29) is 5.78 Å². The largest absolute Gasteiger partial charge is 0.289 e. The molecule has 0 fully saturated rings. The van der Waals surface area contributed by atoms with Crippen LogP contribution < -0.4 is 0 Å². The molecule has 0 unspecified atom stereocenters. The average molecular weight is 195 g/mol. The molecular weight excluding hydrogens is 184 g/mol. The lowest BCUT2D eigenvalue weighted by molar-refractivity contribution is 0.103. The molecule has 68 valence electrons. The summed E-state index contributed by atoms with van der Waals surface area (Å²) in [5, 5.41) is 0.485. The predicted molar refractivity (Wildman–Crippen MR) is 55.3 cm³/mol. The van der Waals surface area contributed by atoms with Crippen LogP contribution in [0.1, 0.15) is 22.8 Å². The Morgan fingerprint density at radius 2 is 2.08 bits per heavy atom. The number of benzene rings is 1. The average Bonchev–Trinajstić information content (AvgIpc) is 2.08. The molecule has 13 heavy (non-hydrogen) atoms. The van der Waals surface area contributed by atoms with E-state index in [0.29, 0.717) is 16.2 Å². The number of ketones is 1. The zero-order chi connectivity index (χ0) is 10.0. The van der Waals surface area contributed by atoms with Crippen LogP contribution >= 0.6 is 11.6 Å². The van der Waals surface area contributed by atoms with Gasteiger partial charge >= 0.3 is 0 Å². The SMILES string of the molecule is C=C(C)C(=O)c1cc(C)ccc1Cl. The van der Waals surface area contributed by atoms with Crippen LogP contribution in [0.15, 0.2) is 30.4 Å². The molecule has 1 aromatic carbocycles. The van der Waals surface area contributed by atoms with Crippen molar-refractivity contribution >= 4 is 17.4 Å². The van der Waals surface area contributed by atoms with E-state index in [9.17, 15) is 4.79 Å². The first-order valence-electron chi connectivity index (χ1n) is 3.98. The normalized spacial score (nSPS) is 9.77. The minimum Gasteiger partial charge on any atom is -0.289 e. The molecule has 0 aliphatic rings. The van der Waals surface area contributed by atoms with Gasteiger partial charge in [0.1, 0.15) is 0 Å². The fourth-order valence-electron chi connectivity index (χ4n) is 1.04. The minimum atomic E-state index is -0.0892. The third-order valence-corrected chi connectivity index (χ3v) is 2.08. The number of carbonyl (C=O) groups excluding carboxylic acids is 1. The number of allylic oxidation sites excluding steroid dienone is 1. The quantitative estimate of drug-likeness (QED) is 0.521. The zero-order valence-corrected chi connectivity index (χ0v) is 8.48. The molecule has 0 bridgehead atoms. The van der Waals surface area contributed by atoms with Crippen molar-refractivity contribution < 1.29 is 4.79 Å². The first kappa shape index (κ1) is 10.0. The van der Waals surface area contributed by atoms with E-state index in [4.69, 9.17) is 11.6 Å². The lowest BCUT2D eigenvalue weighted by atomic mass is 10.0. The van der Waals surface area contributed by atoms with Gasteiger partial charge in [-0.3, -0.25) is 4.79 Å². The van der Waals surface area contributed by atoms with Crippen molar-refractivity contribution in [1.82, 2.24) is 0 Å². The van der Waals surface area contributed by atoms with E-state index >= 15 is 0 Å².